The van der Waals surface area contributed by atoms with E-state index in [4.69, 9.17) is 5.73 Å². The third-order valence-corrected chi connectivity index (χ3v) is 11.5. The molecule has 210 valence electrons. The number of hydrogen-bond acceptors (Lipinski definition) is 10. The van der Waals surface area contributed by atoms with Crippen molar-refractivity contribution in [2.75, 3.05) is 31.3 Å². The third kappa shape index (κ3) is 4.89. The summed E-state index contributed by atoms with van der Waals surface area (Å²) in [5, 5.41) is 16.0. The molecule has 4 fully saturated rings. The molecular formula is C24H35N5O7S2. The molecule has 0 aromatic heterocycles. The monoisotopic (exact) mass is 569 g/mol. The minimum absolute atomic E-state index is 0.00306. The van der Waals surface area contributed by atoms with Crippen LogP contribution in [0, 0.1) is 17.8 Å². The second-order valence-corrected chi connectivity index (χ2v) is 14.7. The van der Waals surface area contributed by atoms with Crippen molar-refractivity contribution >= 4 is 45.2 Å². The van der Waals surface area contributed by atoms with Crippen molar-refractivity contribution in [1.29, 1.82) is 0 Å². The van der Waals surface area contributed by atoms with E-state index in [1.165, 1.54) is 16.7 Å². The number of fused-ring (bicyclic) bond motifs is 1. The number of nitrogens with zero attached hydrogens (tertiary/aromatic N) is 2. The number of sulfone groups is 1. The number of carboxylic acids is 1. The van der Waals surface area contributed by atoms with Crippen molar-refractivity contribution in [2.45, 2.75) is 62.5 Å². The normalized spacial score (nSPS) is 36.9. The van der Waals surface area contributed by atoms with Crippen LogP contribution in [0.5, 0.6) is 0 Å². The maximum Gasteiger partial charge on any atom is 0.353 e. The first-order valence-electron chi connectivity index (χ1n) is 13.1. The first-order chi connectivity index (χ1) is 17.9. The van der Waals surface area contributed by atoms with Crippen molar-refractivity contribution < 1.29 is 32.7 Å². The van der Waals surface area contributed by atoms with Gasteiger partial charge in [-0.15, -0.1) is 11.8 Å². The number of nitrogens with one attached hydrogen (secondary N) is 2. The summed E-state index contributed by atoms with van der Waals surface area (Å²) in [5.74, 6) is -3.28. The van der Waals surface area contributed by atoms with Crippen LogP contribution in [0.4, 0.5) is 0 Å². The summed E-state index contributed by atoms with van der Waals surface area (Å²) in [6.07, 6.45) is 1.39. The molecule has 0 radical (unpaired) electrons. The van der Waals surface area contributed by atoms with Gasteiger partial charge in [-0.3, -0.25) is 19.7 Å². The van der Waals surface area contributed by atoms with Gasteiger partial charge in [-0.05, 0) is 18.8 Å². The highest BCUT2D eigenvalue weighted by Gasteiger charge is 2.60. The van der Waals surface area contributed by atoms with Crippen LogP contribution >= 0.6 is 11.8 Å². The number of likely N-dealkylation sites (tertiary alicyclic amines) is 1. The Morgan fingerprint density at radius 1 is 1.24 bits per heavy atom. The van der Waals surface area contributed by atoms with Crippen molar-refractivity contribution in [3.63, 3.8) is 0 Å². The van der Waals surface area contributed by atoms with Gasteiger partial charge in [0.15, 0.2) is 15.6 Å². The molecule has 0 saturated carbocycles. The fourth-order valence-electron chi connectivity index (χ4n) is 6.53. The molecule has 0 aromatic carbocycles. The Labute approximate surface area is 226 Å². The van der Waals surface area contributed by atoms with Crippen LogP contribution in [0.3, 0.4) is 0 Å². The van der Waals surface area contributed by atoms with Gasteiger partial charge in [0.05, 0.1) is 35.7 Å². The molecule has 12 nitrogen and oxygen atoms in total. The number of carbonyl (C=O) groups excluding carboxylic acids is 3. The molecule has 5 N–H and O–H groups in total. The molecule has 5 aliphatic heterocycles. The molecule has 5 rings (SSSR count). The molecule has 8 atom stereocenters. The van der Waals surface area contributed by atoms with E-state index in [0.717, 1.165) is 6.42 Å². The molecule has 0 bridgehead atoms. The zero-order valence-electron chi connectivity index (χ0n) is 21.5. The molecule has 38 heavy (non-hydrogen) atoms. The largest absolute Gasteiger partial charge is 0.477 e. The van der Waals surface area contributed by atoms with E-state index >= 15 is 0 Å². The number of hydrogen-bond donors (Lipinski definition) is 4. The molecule has 5 aliphatic rings. The van der Waals surface area contributed by atoms with E-state index in [2.05, 4.69) is 10.6 Å². The van der Waals surface area contributed by atoms with Crippen molar-refractivity contribution in [3.8, 4) is 0 Å². The molecular weight excluding hydrogens is 534 g/mol. The van der Waals surface area contributed by atoms with E-state index in [1.807, 2.05) is 6.92 Å². The Morgan fingerprint density at radius 2 is 1.97 bits per heavy atom. The van der Waals surface area contributed by atoms with Gasteiger partial charge in [0.25, 0.3) is 0 Å². The quantitative estimate of drug-likeness (QED) is 0.256. The topological polar surface area (TPSA) is 179 Å². The molecule has 0 aliphatic carbocycles. The number of Topliss-reactive ketones (excluding diaryl/α,β-unsaturated/α-hetero) is 1. The lowest BCUT2D eigenvalue weighted by Gasteiger charge is -2.47. The predicted octanol–water partition coefficient (Wildman–Crippen LogP) is -1.28. The number of nitrogens with two attached hydrogens (primary N) is 1. The SMILES string of the molecule is C[C@@H](CC(=O)[C@H]1CS(=O)(=O)CN1)[C@H]1C(=O)N2C(C(=O)O)=C(S[C@@H]3CN[C@H](C(=O)N4CC[C@H](N)C4)C3)[C@H](C)[C@H]12. The van der Waals surface area contributed by atoms with Gasteiger partial charge in [0, 0.05) is 48.2 Å². The number of thioether (sulfide) groups is 1. The summed E-state index contributed by atoms with van der Waals surface area (Å²) in [4.78, 5) is 54.8. The highest BCUT2D eigenvalue weighted by Crippen LogP contribution is 2.53. The molecule has 0 unspecified atom stereocenters. The van der Waals surface area contributed by atoms with Gasteiger partial charge in [0.2, 0.25) is 11.8 Å². The molecule has 5 heterocycles. The number of aliphatic carboxylic acids is 1. The Kier molecular flexibility index (Phi) is 7.39. The van der Waals surface area contributed by atoms with Crippen LogP contribution < -0.4 is 16.4 Å². The molecule has 14 heteroatoms. The number of carboxylic acid groups (broad SMARTS) is 1. The van der Waals surface area contributed by atoms with Gasteiger partial charge < -0.3 is 26.0 Å². The van der Waals surface area contributed by atoms with Crippen molar-refractivity contribution in [1.82, 2.24) is 20.4 Å². The second kappa shape index (κ2) is 10.2. The molecule has 0 spiro atoms. The highest BCUT2D eigenvalue weighted by atomic mass is 32.2. The average molecular weight is 570 g/mol. The van der Waals surface area contributed by atoms with Gasteiger partial charge in [-0.2, -0.15) is 0 Å². The standard InChI is InChI=1S/C24H35N5O7S2/c1-11(5-17(30)16-9-38(35,36)10-27-16)18-19-12(2)21(20(24(33)34)29(19)23(18)32)37-14-6-15(26-7-14)22(31)28-4-3-13(25)8-28/h11-16,18-19,26-27H,3-10,25H2,1-2H3,(H,33,34)/t11-,12+,13-,14-,15-,16+,18+,19+/m0/s1. The first kappa shape index (κ1) is 27.6. The zero-order valence-corrected chi connectivity index (χ0v) is 23.1. The van der Waals surface area contributed by atoms with Gasteiger partial charge in [-0.25, -0.2) is 13.2 Å². The number of carbonyl (C=O) groups is 4. The van der Waals surface area contributed by atoms with Gasteiger partial charge in [-0.1, -0.05) is 13.8 Å². The van der Waals surface area contributed by atoms with Crippen LogP contribution in [0.15, 0.2) is 10.6 Å². The third-order valence-electron chi connectivity index (χ3n) is 8.51. The second-order valence-electron chi connectivity index (χ2n) is 11.3. The van der Waals surface area contributed by atoms with Gasteiger partial charge >= 0.3 is 5.97 Å². The number of β-lactam (4-membered cyclic amide) rings is 1. The Morgan fingerprint density at radius 3 is 2.58 bits per heavy atom. The van der Waals surface area contributed by atoms with E-state index < -0.39 is 27.8 Å². The van der Waals surface area contributed by atoms with Crippen LogP contribution in [-0.2, 0) is 29.0 Å². The van der Waals surface area contributed by atoms with Crippen LogP contribution in [-0.4, -0.2) is 108 Å². The Balaban J connectivity index is 1.24. The van der Waals surface area contributed by atoms with E-state index in [1.54, 1.807) is 11.8 Å². The molecule has 0 aromatic rings. The average Bonchev–Trinajstić information content (AvgIpc) is 3.61. The minimum Gasteiger partial charge on any atom is -0.477 e. The van der Waals surface area contributed by atoms with Crippen LogP contribution in [0.1, 0.15) is 33.1 Å². The van der Waals surface area contributed by atoms with Crippen LogP contribution in [0.2, 0.25) is 0 Å². The Hall–Kier alpha value is -2.00. The lowest BCUT2D eigenvalue weighted by atomic mass is 9.73. The maximum atomic E-state index is 13.2. The minimum atomic E-state index is -3.29. The summed E-state index contributed by atoms with van der Waals surface area (Å²) in [7, 11) is -3.29. The smallest absolute Gasteiger partial charge is 0.353 e. The molecule has 2 amide bonds. The van der Waals surface area contributed by atoms with Crippen molar-refractivity contribution in [3.05, 3.63) is 10.6 Å². The zero-order chi connectivity index (χ0) is 27.5. The van der Waals surface area contributed by atoms with Crippen molar-refractivity contribution in [2.24, 2.45) is 23.5 Å². The van der Waals surface area contributed by atoms with E-state index in [0.29, 0.717) is 31.0 Å². The van der Waals surface area contributed by atoms with E-state index in [-0.39, 0.29) is 76.6 Å². The number of ketones is 1. The lowest BCUT2D eigenvalue weighted by molar-refractivity contribution is -0.160. The van der Waals surface area contributed by atoms with E-state index in [9.17, 15) is 32.7 Å². The maximum absolute atomic E-state index is 13.2. The van der Waals surface area contributed by atoms with Gasteiger partial charge in [0.1, 0.15) is 5.70 Å². The summed E-state index contributed by atoms with van der Waals surface area (Å²) in [6, 6.07) is -1.47. The fourth-order valence-corrected chi connectivity index (χ4v) is 9.39. The number of rotatable bonds is 8. The summed E-state index contributed by atoms with van der Waals surface area (Å²) < 4.78 is 23.4. The summed E-state index contributed by atoms with van der Waals surface area (Å²) in [6.45, 7) is 5.45. The lowest BCUT2D eigenvalue weighted by Crippen LogP contribution is -2.62. The first-order valence-corrected chi connectivity index (χ1v) is 15.8. The summed E-state index contributed by atoms with van der Waals surface area (Å²) in [5.41, 5.74) is 5.94. The Bertz CT molecular complexity index is 1190. The highest BCUT2D eigenvalue weighted by molar-refractivity contribution is 8.03. The van der Waals surface area contributed by atoms with Crippen LogP contribution in [0.25, 0.3) is 0 Å². The fraction of sp³-hybridized carbons (Fsp3) is 0.750. The molecule has 4 saturated heterocycles. The predicted molar refractivity (Wildman–Crippen MR) is 139 cm³/mol. The summed E-state index contributed by atoms with van der Waals surface area (Å²) >= 11 is 1.42. The number of amides is 2.